The summed E-state index contributed by atoms with van der Waals surface area (Å²) in [4.78, 5) is 14.1. The van der Waals surface area contributed by atoms with E-state index in [0.717, 1.165) is 5.56 Å². The van der Waals surface area contributed by atoms with Crippen LogP contribution in [0.3, 0.4) is 0 Å². The van der Waals surface area contributed by atoms with Crippen molar-refractivity contribution in [3.05, 3.63) is 28.0 Å². The Labute approximate surface area is 91.7 Å². The number of pyridine rings is 1. The van der Waals surface area contributed by atoms with Gasteiger partial charge in [0.2, 0.25) is 0 Å². The van der Waals surface area contributed by atoms with Crippen LogP contribution in [-0.4, -0.2) is 16.1 Å². The maximum absolute atomic E-state index is 10.3. The molecule has 1 heterocycles. The first-order valence-corrected chi connectivity index (χ1v) is 4.87. The molecule has 1 aromatic heterocycles. The molecule has 3 nitrogen and oxygen atoms in total. The van der Waals surface area contributed by atoms with Crippen LogP contribution in [0, 0.1) is 0 Å². The Balaban J connectivity index is 2.54. The molecule has 0 radical (unpaired) electrons. The normalized spacial score (nSPS) is 10.1. The number of carboxylic acids is 1. The van der Waals surface area contributed by atoms with Gasteiger partial charge in [-0.2, -0.15) is 0 Å². The monoisotopic (exact) mass is 233 g/mol. The first-order valence-electron chi connectivity index (χ1n) is 4.11. The number of aliphatic carboxylic acids is 1. The fourth-order valence-electron chi connectivity index (χ4n) is 1.10. The highest BCUT2D eigenvalue weighted by Crippen LogP contribution is 2.16. The van der Waals surface area contributed by atoms with Crippen molar-refractivity contribution in [2.75, 3.05) is 0 Å². The van der Waals surface area contributed by atoms with E-state index in [1.807, 2.05) is 0 Å². The highest BCUT2D eigenvalue weighted by atomic mass is 35.5. The average molecular weight is 234 g/mol. The smallest absolute Gasteiger partial charge is 0.303 e. The molecule has 0 aliphatic rings. The molecule has 14 heavy (non-hydrogen) atoms. The molecule has 1 N–H and O–H groups in total. The van der Waals surface area contributed by atoms with Crippen molar-refractivity contribution >= 4 is 29.2 Å². The summed E-state index contributed by atoms with van der Waals surface area (Å²) in [5, 5.41) is 9.11. The summed E-state index contributed by atoms with van der Waals surface area (Å²) in [6, 6.07) is 3.38. The predicted molar refractivity (Wildman–Crippen MR) is 54.8 cm³/mol. The van der Waals surface area contributed by atoms with E-state index in [2.05, 4.69) is 4.98 Å². The van der Waals surface area contributed by atoms with Crippen LogP contribution in [0.4, 0.5) is 0 Å². The first kappa shape index (κ1) is 11.3. The standard InChI is InChI=1S/C9H9Cl2NO2/c10-7-4-6(5-8(11)12-7)2-1-3-9(13)14/h4-5H,1-3H2,(H,13,14). The Morgan fingerprint density at radius 1 is 1.36 bits per heavy atom. The summed E-state index contributed by atoms with van der Waals surface area (Å²) in [6.07, 6.45) is 1.37. The average Bonchev–Trinajstić information content (AvgIpc) is 2.01. The Kier molecular flexibility index (Phi) is 4.17. The number of aromatic nitrogens is 1. The van der Waals surface area contributed by atoms with E-state index in [4.69, 9.17) is 28.3 Å². The van der Waals surface area contributed by atoms with Gasteiger partial charge in [0.05, 0.1) is 0 Å². The maximum atomic E-state index is 10.3. The predicted octanol–water partition coefficient (Wildman–Crippen LogP) is 2.80. The third-order valence-electron chi connectivity index (χ3n) is 1.68. The topological polar surface area (TPSA) is 50.2 Å². The lowest BCUT2D eigenvalue weighted by Crippen LogP contribution is -1.96. The van der Waals surface area contributed by atoms with Crippen molar-refractivity contribution < 1.29 is 9.90 Å². The van der Waals surface area contributed by atoms with Crippen LogP contribution in [-0.2, 0) is 11.2 Å². The first-order chi connectivity index (χ1) is 6.58. The third-order valence-corrected chi connectivity index (χ3v) is 2.07. The van der Waals surface area contributed by atoms with E-state index in [9.17, 15) is 4.79 Å². The zero-order valence-electron chi connectivity index (χ0n) is 7.33. The second kappa shape index (κ2) is 5.17. The Bertz CT molecular complexity index is 321. The van der Waals surface area contributed by atoms with Crippen molar-refractivity contribution in [3.63, 3.8) is 0 Å². The number of aryl methyl sites for hydroxylation is 1. The number of carboxylic acid groups (broad SMARTS) is 1. The van der Waals surface area contributed by atoms with Crippen molar-refractivity contribution in [1.29, 1.82) is 0 Å². The highest BCUT2D eigenvalue weighted by molar-refractivity contribution is 6.32. The molecule has 1 aromatic rings. The molecule has 76 valence electrons. The van der Waals surface area contributed by atoms with E-state index in [-0.39, 0.29) is 6.42 Å². The van der Waals surface area contributed by atoms with Crippen LogP contribution in [0.5, 0.6) is 0 Å². The van der Waals surface area contributed by atoms with Crippen LogP contribution in [0.25, 0.3) is 0 Å². The molecule has 0 atom stereocenters. The van der Waals surface area contributed by atoms with Crippen molar-refractivity contribution in [2.45, 2.75) is 19.3 Å². The zero-order valence-corrected chi connectivity index (χ0v) is 8.85. The minimum Gasteiger partial charge on any atom is -0.481 e. The van der Waals surface area contributed by atoms with Crippen LogP contribution < -0.4 is 0 Å². The van der Waals surface area contributed by atoms with E-state index in [1.165, 1.54) is 0 Å². The van der Waals surface area contributed by atoms with Gasteiger partial charge in [-0.3, -0.25) is 4.79 Å². The van der Waals surface area contributed by atoms with Gasteiger partial charge in [0.25, 0.3) is 0 Å². The van der Waals surface area contributed by atoms with Crippen LogP contribution in [0.2, 0.25) is 10.3 Å². The lowest BCUT2D eigenvalue weighted by atomic mass is 10.1. The Morgan fingerprint density at radius 3 is 2.43 bits per heavy atom. The summed E-state index contributed by atoms with van der Waals surface area (Å²) in [5.41, 5.74) is 0.913. The molecule has 0 saturated heterocycles. The van der Waals surface area contributed by atoms with Gasteiger partial charge in [0, 0.05) is 6.42 Å². The van der Waals surface area contributed by atoms with Gasteiger partial charge < -0.3 is 5.11 Å². The Hall–Kier alpha value is -0.800. The quantitative estimate of drug-likeness (QED) is 0.815. The summed E-state index contributed by atoms with van der Waals surface area (Å²) in [7, 11) is 0. The molecule has 0 aliphatic carbocycles. The molecular weight excluding hydrogens is 225 g/mol. The number of halogens is 2. The largest absolute Gasteiger partial charge is 0.481 e. The molecule has 0 amide bonds. The van der Waals surface area contributed by atoms with Gasteiger partial charge in [-0.15, -0.1) is 0 Å². The summed E-state index contributed by atoms with van der Waals surface area (Å²) < 4.78 is 0. The van der Waals surface area contributed by atoms with Gasteiger partial charge in [-0.1, -0.05) is 23.2 Å². The minimum atomic E-state index is -0.795. The molecule has 1 rings (SSSR count). The van der Waals surface area contributed by atoms with E-state index in [1.54, 1.807) is 12.1 Å². The van der Waals surface area contributed by atoms with Crippen LogP contribution in [0.1, 0.15) is 18.4 Å². The van der Waals surface area contributed by atoms with Crippen LogP contribution in [0.15, 0.2) is 12.1 Å². The Morgan fingerprint density at radius 2 is 1.93 bits per heavy atom. The number of nitrogens with zero attached hydrogens (tertiary/aromatic N) is 1. The van der Waals surface area contributed by atoms with Crippen LogP contribution >= 0.6 is 23.2 Å². The summed E-state index contributed by atoms with van der Waals surface area (Å²) in [6.45, 7) is 0. The molecule has 0 fully saturated rings. The number of hydrogen-bond donors (Lipinski definition) is 1. The number of hydrogen-bond acceptors (Lipinski definition) is 2. The molecule has 0 aliphatic heterocycles. The van der Waals surface area contributed by atoms with Gasteiger partial charge >= 0.3 is 5.97 Å². The van der Waals surface area contributed by atoms with Crippen molar-refractivity contribution in [1.82, 2.24) is 4.98 Å². The molecule has 0 bridgehead atoms. The van der Waals surface area contributed by atoms with Gasteiger partial charge in [-0.25, -0.2) is 4.98 Å². The lowest BCUT2D eigenvalue weighted by molar-refractivity contribution is -0.137. The number of carbonyl (C=O) groups is 1. The molecule has 0 spiro atoms. The molecule has 0 aromatic carbocycles. The summed E-state index contributed by atoms with van der Waals surface area (Å²) in [5.74, 6) is -0.795. The summed E-state index contributed by atoms with van der Waals surface area (Å²) >= 11 is 11.4. The van der Waals surface area contributed by atoms with Gasteiger partial charge in [-0.05, 0) is 30.5 Å². The maximum Gasteiger partial charge on any atom is 0.303 e. The van der Waals surface area contributed by atoms with Crippen molar-refractivity contribution in [3.8, 4) is 0 Å². The third kappa shape index (κ3) is 3.94. The molecule has 0 unspecified atom stereocenters. The fourth-order valence-corrected chi connectivity index (χ4v) is 1.61. The minimum absolute atomic E-state index is 0.150. The highest BCUT2D eigenvalue weighted by Gasteiger charge is 2.01. The lowest BCUT2D eigenvalue weighted by Gasteiger charge is -2.00. The number of rotatable bonds is 4. The fraction of sp³-hybridized carbons (Fsp3) is 0.333. The van der Waals surface area contributed by atoms with Gasteiger partial charge in [0.1, 0.15) is 10.3 Å². The van der Waals surface area contributed by atoms with Gasteiger partial charge in [0.15, 0.2) is 0 Å². The second-order valence-corrected chi connectivity index (χ2v) is 3.64. The molecule has 0 saturated carbocycles. The SMILES string of the molecule is O=C(O)CCCc1cc(Cl)nc(Cl)c1. The van der Waals surface area contributed by atoms with E-state index in [0.29, 0.717) is 23.1 Å². The zero-order chi connectivity index (χ0) is 10.6. The van der Waals surface area contributed by atoms with E-state index < -0.39 is 5.97 Å². The molecule has 5 heteroatoms. The van der Waals surface area contributed by atoms with Crippen molar-refractivity contribution in [2.24, 2.45) is 0 Å². The molecular formula is C9H9Cl2NO2. The van der Waals surface area contributed by atoms with E-state index >= 15 is 0 Å². The second-order valence-electron chi connectivity index (χ2n) is 2.87.